The van der Waals surface area contributed by atoms with Gasteiger partial charge >= 0.3 is 0 Å². The van der Waals surface area contributed by atoms with Crippen LogP contribution in [0.1, 0.15) is 41.5 Å². The molecule has 27 heavy (non-hydrogen) atoms. The molecule has 0 aliphatic heterocycles. The first-order valence-corrected chi connectivity index (χ1v) is 9.10. The predicted molar refractivity (Wildman–Crippen MR) is 112 cm³/mol. The number of hydrogen-bond donors (Lipinski definition) is 1. The van der Waals surface area contributed by atoms with E-state index in [-0.39, 0.29) is 5.91 Å². The lowest BCUT2D eigenvalue weighted by molar-refractivity contribution is 0.0956. The molecule has 2 aromatic rings. The summed E-state index contributed by atoms with van der Waals surface area (Å²) in [5.41, 5.74) is 5.46. The number of nitrogens with one attached hydrogen (secondary N) is 1. The lowest BCUT2D eigenvalue weighted by Gasteiger charge is -2.14. The standard InChI is InChI=1S/C23H23N3O/c1-4-10-16(5-2)21-22(17-11-8-7-9-12-17)26-20-15-18(23(27)24-6-3)13-14-19(20)25-21/h4-5,8,10-15H,1-2,6-7,9H2,3H3,(H,24,27)/b16-10+. The molecule has 0 unspecified atom stereocenters. The molecule has 1 amide bonds. The molecule has 1 N–H and O–H groups in total. The maximum Gasteiger partial charge on any atom is 0.251 e. The maximum atomic E-state index is 12.2. The van der Waals surface area contributed by atoms with E-state index in [1.54, 1.807) is 24.3 Å². The first kappa shape index (κ1) is 18.5. The predicted octanol–water partition coefficient (Wildman–Crippen LogP) is 4.87. The van der Waals surface area contributed by atoms with Crippen LogP contribution in [-0.4, -0.2) is 22.4 Å². The number of benzene rings is 1. The van der Waals surface area contributed by atoms with Crippen LogP contribution in [0, 0.1) is 0 Å². The highest BCUT2D eigenvalue weighted by Gasteiger charge is 2.16. The molecule has 1 aliphatic carbocycles. The molecule has 4 heteroatoms. The van der Waals surface area contributed by atoms with Gasteiger partial charge in [-0.3, -0.25) is 4.79 Å². The summed E-state index contributed by atoms with van der Waals surface area (Å²) in [6.45, 7) is 10.2. The Kier molecular flexibility index (Phi) is 5.77. The second-order valence-corrected chi connectivity index (χ2v) is 6.18. The van der Waals surface area contributed by atoms with E-state index in [0.29, 0.717) is 17.6 Å². The molecule has 3 rings (SSSR count). The molecule has 0 saturated carbocycles. The van der Waals surface area contributed by atoms with Crippen LogP contribution in [0.5, 0.6) is 0 Å². The second-order valence-electron chi connectivity index (χ2n) is 6.18. The fourth-order valence-corrected chi connectivity index (χ4v) is 3.02. The van der Waals surface area contributed by atoms with Gasteiger partial charge in [-0.2, -0.15) is 0 Å². The number of fused-ring (bicyclic) bond motifs is 1. The van der Waals surface area contributed by atoms with Crippen LogP contribution >= 0.6 is 0 Å². The number of rotatable bonds is 6. The van der Waals surface area contributed by atoms with Gasteiger partial charge in [-0.1, -0.05) is 49.6 Å². The number of amides is 1. The van der Waals surface area contributed by atoms with Crippen LogP contribution in [0.3, 0.4) is 0 Å². The molecule has 0 spiro atoms. The maximum absolute atomic E-state index is 12.2. The van der Waals surface area contributed by atoms with Crippen molar-refractivity contribution in [2.24, 2.45) is 0 Å². The number of allylic oxidation sites excluding steroid dienone is 8. The van der Waals surface area contributed by atoms with Gasteiger partial charge in [0.25, 0.3) is 5.91 Å². The van der Waals surface area contributed by atoms with Crippen molar-refractivity contribution in [1.29, 1.82) is 0 Å². The highest BCUT2D eigenvalue weighted by molar-refractivity contribution is 5.98. The molecule has 1 aliphatic rings. The van der Waals surface area contributed by atoms with Crippen LogP contribution in [0.25, 0.3) is 22.2 Å². The molecule has 1 aromatic carbocycles. The lowest BCUT2D eigenvalue weighted by Crippen LogP contribution is -2.22. The first-order valence-electron chi connectivity index (χ1n) is 9.10. The fourth-order valence-electron chi connectivity index (χ4n) is 3.02. The Morgan fingerprint density at radius 2 is 2.07 bits per heavy atom. The summed E-state index contributed by atoms with van der Waals surface area (Å²) in [4.78, 5) is 21.9. The van der Waals surface area contributed by atoms with Crippen LogP contribution < -0.4 is 5.32 Å². The summed E-state index contributed by atoms with van der Waals surface area (Å²) >= 11 is 0. The summed E-state index contributed by atoms with van der Waals surface area (Å²) < 4.78 is 0. The molecule has 0 atom stereocenters. The van der Waals surface area contributed by atoms with E-state index in [2.05, 4.69) is 36.7 Å². The van der Waals surface area contributed by atoms with Crippen LogP contribution in [0.15, 0.2) is 67.8 Å². The zero-order valence-electron chi connectivity index (χ0n) is 15.5. The smallest absolute Gasteiger partial charge is 0.251 e. The third-order valence-corrected chi connectivity index (χ3v) is 4.32. The van der Waals surface area contributed by atoms with Crippen molar-refractivity contribution in [2.75, 3.05) is 6.54 Å². The SMILES string of the molecule is C=C/C=C(\C=C)c1nc2ccc(C(=O)NCC)cc2nc1C1=CCCC=C1. The molecule has 136 valence electrons. The van der Waals surface area contributed by atoms with Gasteiger partial charge in [0.2, 0.25) is 0 Å². The molecule has 0 saturated heterocycles. The first-order chi connectivity index (χ1) is 13.2. The van der Waals surface area contributed by atoms with Crippen molar-refractivity contribution in [3.63, 3.8) is 0 Å². The summed E-state index contributed by atoms with van der Waals surface area (Å²) in [6.07, 6.45) is 13.7. The summed E-state index contributed by atoms with van der Waals surface area (Å²) in [5, 5.41) is 2.82. The van der Waals surface area contributed by atoms with Crippen molar-refractivity contribution in [2.45, 2.75) is 19.8 Å². The van der Waals surface area contributed by atoms with Gasteiger partial charge < -0.3 is 5.32 Å². The zero-order valence-corrected chi connectivity index (χ0v) is 15.5. The number of nitrogens with zero attached hydrogens (tertiary/aromatic N) is 2. The fraction of sp³-hybridized carbons (Fsp3) is 0.174. The molecule has 0 radical (unpaired) electrons. The van der Waals surface area contributed by atoms with E-state index < -0.39 is 0 Å². The monoisotopic (exact) mass is 357 g/mol. The average Bonchev–Trinajstić information content (AvgIpc) is 2.71. The van der Waals surface area contributed by atoms with Gasteiger partial charge in [-0.15, -0.1) is 0 Å². The minimum absolute atomic E-state index is 0.109. The largest absolute Gasteiger partial charge is 0.352 e. The van der Waals surface area contributed by atoms with Crippen LogP contribution in [0.4, 0.5) is 0 Å². The Morgan fingerprint density at radius 3 is 2.74 bits per heavy atom. The Labute approximate surface area is 159 Å². The molecular formula is C23H23N3O. The molecule has 1 heterocycles. The van der Waals surface area contributed by atoms with Crippen molar-refractivity contribution >= 4 is 28.1 Å². The number of aromatic nitrogens is 2. The Hall–Kier alpha value is -3.27. The lowest BCUT2D eigenvalue weighted by atomic mass is 9.98. The Morgan fingerprint density at radius 1 is 1.22 bits per heavy atom. The van der Waals surface area contributed by atoms with E-state index in [1.807, 2.05) is 19.1 Å². The number of hydrogen-bond acceptors (Lipinski definition) is 3. The molecule has 1 aromatic heterocycles. The van der Waals surface area contributed by atoms with Gasteiger partial charge in [0, 0.05) is 17.7 Å². The summed E-state index contributed by atoms with van der Waals surface area (Å²) in [6, 6.07) is 5.40. The van der Waals surface area contributed by atoms with Gasteiger partial charge in [0.15, 0.2) is 0 Å². The van der Waals surface area contributed by atoms with Crippen molar-refractivity contribution in [3.8, 4) is 0 Å². The molecular weight excluding hydrogens is 334 g/mol. The van der Waals surface area contributed by atoms with Crippen molar-refractivity contribution < 1.29 is 4.79 Å². The van der Waals surface area contributed by atoms with Crippen molar-refractivity contribution in [1.82, 2.24) is 15.3 Å². The van der Waals surface area contributed by atoms with E-state index in [1.165, 1.54) is 0 Å². The van der Waals surface area contributed by atoms with Crippen LogP contribution in [0.2, 0.25) is 0 Å². The minimum Gasteiger partial charge on any atom is -0.352 e. The Bertz CT molecular complexity index is 996. The Balaban J connectivity index is 2.22. The van der Waals surface area contributed by atoms with Gasteiger partial charge in [-0.25, -0.2) is 9.97 Å². The summed E-state index contributed by atoms with van der Waals surface area (Å²) in [7, 11) is 0. The van der Waals surface area contributed by atoms with Crippen molar-refractivity contribution in [3.05, 3.63) is 84.8 Å². The van der Waals surface area contributed by atoms with E-state index in [0.717, 1.165) is 40.9 Å². The third kappa shape index (κ3) is 3.95. The number of carbonyl (C=O) groups is 1. The number of carbonyl (C=O) groups excluding carboxylic acids is 1. The van der Waals surface area contributed by atoms with Gasteiger partial charge in [0.05, 0.1) is 22.4 Å². The normalized spacial score (nSPS) is 14.0. The second kappa shape index (κ2) is 8.41. The summed E-state index contributed by atoms with van der Waals surface area (Å²) in [5.74, 6) is -0.109. The molecule has 0 fully saturated rings. The molecule has 4 nitrogen and oxygen atoms in total. The van der Waals surface area contributed by atoms with Crippen LogP contribution in [-0.2, 0) is 0 Å². The van der Waals surface area contributed by atoms with Gasteiger partial charge in [0.1, 0.15) is 0 Å². The average molecular weight is 357 g/mol. The van der Waals surface area contributed by atoms with E-state index >= 15 is 0 Å². The van der Waals surface area contributed by atoms with E-state index in [9.17, 15) is 4.79 Å². The quantitative estimate of drug-likeness (QED) is 0.751. The highest BCUT2D eigenvalue weighted by atomic mass is 16.1. The van der Waals surface area contributed by atoms with Gasteiger partial charge in [-0.05, 0) is 43.5 Å². The van der Waals surface area contributed by atoms with E-state index in [4.69, 9.17) is 9.97 Å². The molecule has 0 bridgehead atoms. The highest BCUT2D eigenvalue weighted by Crippen LogP contribution is 2.29. The zero-order chi connectivity index (χ0) is 19.2. The minimum atomic E-state index is -0.109. The topological polar surface area (TPSA) is 54.9 Å². The third-order valence-electron chi connectivity index (χ3n) is 4.32.